The number of allylic oxidation sites excluding steroid dienone is 2. The third-order valence-electron chi connectivity index (χ3n) is 12.1. The fourth-order valence-corrected chi connectivity index (χ4v) is 9.40. The Hall–Kier alpha value is -4.07. The molecule has 0 N–H and O–H groups in total. The van der Waals surface area contributed by atoms with E-state index >= 15 is 0 Å². The molecule has 5 rings (SSSR count). The van der Waals surface area contributed by atoms with Crippen molar-refractivity contribution in [3.63, 3.8) is 0 Å². The van der Waals surface area contributed by atoms with Crippen LogP contribution in [-0.2, 0) is 20.0 Å². The molecule has 292 valence electrons. The first-order valence-corrected chi connectivity index (χ1v) is 23.6. The summed E-state index contributed by atoms with van der Waals surface area (Å²) in [5.74, 6) is 1.08. The Morgan fingerprint density at radius 3 is 2.07 bits per heavy atom. The van der Waals surface area contributed by atoms with Crippen LogP contribution in [0, 0.1) is 34.0 Å². The van der Waals surface area contributed by atoms with E-state index in [1.807, 2.05) is 38.1 Å². The second kappa shape index (κ2) is 16.2. The predicted molar refractivity (Wildman–Crippen MR) is 229 cm³/mol. The Balaban J connectivity index is 1.39. The van der Waals surface area contributed by atoms with E-state index in [9.17, 15) is 15.8 Å². The van der Waals surface area contributed by atoms with Gasteiger partial charge in [0, 0.05) is 51.8 Å². The van der Waals surface area contributed by atoms with Crippen LogP contribution in [-0.4, -0.2) is 40.2 Å². The molecule has 0 spiro atoms. The van der Waals surface area contributed by atoms with Gasteiger partial charge in [0.25, 0.3) is 0 Å². The quantitative estimate of drug-likeness (QED) is 0.113. The Bertz CT molecular complexity index is 2020. The zero-order chi connectivity index (χ0) is 40.4. The highest BCUT2D eigenvalue weighted by atomic mass is 32.1. The molecule has 7 nitrogen and oxygen atoms in total. The standard InChI is InChI=1S/C46H60N4O3SSi/c1-43(2,3)55(10,11)52-27-15-13-12-14-26-51-42-32(28-38-40-39(42)45(6,7)23-25-50(40)24-22-44(38,4)5)16-17-34-18-19-35(54-34)20-21-37-36(31-49)41(33(29-47)30-48)53-46(37,8)9/h16-21,28H,12-15,22-27H2,1-11H3/b17-16+,21-20+. The number of rotatable bonds is 13. The van der Waals surface area contributed by atoms with Gasteiger partial charge in [-0.15, -0.1) is 11.3 Å². The molecule has 0 saturated heterocycles. The summed E-state index contributed by atoms with van der Waals surface area (Å²) in [5.41, 5.74) is 5.16. The molecule has 1 aromatic carbocycles. The Kier molecular flexibility index (Phi) is 12.4. The van der Waals surface area contributed by atoms with Crippen molar-refractivity contribution in [2.24, 2.45) is 0 Å². The molecule has 1 aromatic heterocycles. The topological polar surface area (TPSA) is 102 Å². The molecule has 4 heterocycles. The van der Waals surface area contributed by atoms with Crippen LogP contribution in [0.2, 0.25) is 18.1 Å². The van der Waals surface area contributed by atoms with Crippen LogP contribution in [0.4, 0.5) is 5.69 Å². The number of hydrogen-bond donors (Lipinski definition) is 0. The fourth-order valence-electron chi connectivity index (χ4n) is 7.49. The van der Waals surface area contributed by atoms with Crippen LogP contribution >= 0.6 is 11.3 Å². The van der Waals surface area contributed by atoms with E-state index in [0.717, 1.165) is 79.3 Å². The summed E-state index contributed by atoms with van der Waals surface area (Å²) >= 11 is 1.66. The first kappa shape index (κ1) is 42.1. The third-order valence-corrected chi connectivity index (χ3v) is 17.7. The van der Waals surface area contributed by atoms with Crippen LogP contribution < -0.4 is 9.64 Å². The summed E-state index contributed by atoms with van der Waals surface area (Å²) in [4.78, 5) is 4.72. The van der Waals surface area contributed by atoms with E-state index in [-0.39, 0.29) is 32.8 Å². The number of thiophene rings is 1. The minimum absolute atomic E-state index is 0.0137. The van der Waals surface area contributed by atoms with Crippen molar-refractivity contribution in [1.82, 2.24) is 0 Å². The van der Waals surface area contributed by atoms with Gasteiger partial charge in [-0.25, -0.2) is 0 Å². The number of hydrogen-bond acceptors (Lipinski definition) is 8. The van der Waals surface area contributed by atoms with Crippen LogP contribution in [0.1, 0.15) is 127 Å². The zero-order valence-electron chi connectivity index (χ0n) is 35.0. The highest BCUT2D eigenvalue weighted by molar-refractivity contribution is 7.13. The Morgan fingerprint density at radius 1 is 0.873 bits per heavy atom. The van der Waals surface area contributed by atoms with Gasteiger partial charge in [-0.05, 0) is 117 Å². The number of nitriles is 3. The lowest BCUT2D eigenvalue weighted by atomic mass is 9.68. The SMILES string of the molecule is CC1(C)OC(=C(C#N)C#N)C(C#N)=C1/C=C/c1ccc(/C=C/c2cc3c4c(c2OCCCCCCO[Si](C)(C)C(C)(C)C)C(C)(C)CCN4CCC3(C)C)s1. The van der Waals surface area contributed by atoms with E-state index < -0.39 is 13.9 Å². The van der Waals surface area contributed by atoms with Crippen molar-refractivity contribution in [2.75, 3.05) is 31.2 Å². The normalized spacial score (nSPS) is 18.5. The van der Waals surface area contributed by atoms with Crippen molar-refractivity contribution in [3.05, 3.63) is 73.2 Å². The average Bonchev–Trinajstić information content (AvgIpc) is 3.66. The summed E-state index contributed by atoms with van der Waals surface area (Å²) in [7, 11) is -1.71. The van der Waals surface area contributed by atoms with Gasteiger partial charge in [0.1, 0.15) is 35.1 Å². The molecule has 0 unspecified atom stereocenters. The predicted octanol–water partition coefficient (Wildman–Crippen LogP) is 12.0. The number of benzene rings is 1. The van der Waals surface area contributed by atoms with Gasteiger partial charge in [0.15, 0.2) is 19.6 Å². The van der Waals surface area contributed by atoms with Crippen molar-refractivity contribution in [2.45, 2.75) is 135 Å². The van der Waals surface area contributed by atoms with Gasteiger partial charge < -0.3 is 18.8 Å². The first-order valence-electron chi connectivity index (χ1n) is 19.8. The van der Waals surface area contributed by atoms with Crippen LogP contribution in [0.15, 0.2) is 46.8 Å². The van der Waals surface area contributed by atoms with Gasteiger partial charge >= 0.3 is 0 Å². The Morgan fingerprint density at radius 2 is 1.47 bits per heavy atom. The molecular weight excluding hydrogens is 717 g/mol. The fraction of sp³-hybridized carbons (Fsp3) is 0.543. The van der Waals surface area contributed by atoms with Crippen LogP contribution in [0.25, 0.3) is 18.2 Å². The number of ether oxygens (including phenoxy) is 2. The summed E-state index contributed by atoms with van der Waals surface area (Å²) in [6, 6.07) is 12.4. The molecule has 0 amide bonds. The first-order chi connectivity index (χ1) is 25.8. The molecule has 3 aliphatic heterocycles. The molecule has 0 saturated carbocycles. The molecule has 0 bridgehead atoms. The van der Waals surface area contributed by atoms with Gasteiger partial charge in [-0.2, -0.15) is 15.8 Å². The average molecular weight is 777 g/mol. The lowest BCUT2D eigenvalue weighted by molar-refractivity contribution is 0.0954. The maximum absolute atomic E-state index is 9.94. The molecule has 0 atom stereocenters. The van der Waals surface area contributed by atoms with E-state index in [2.05, 4.69) is 103 Å². The van der Waals surface area contributed by atoms with Crippen molar-refractivity contribution in [1.29, 1.82) is 15.8 Å². The third kappa shape index (κ3) is 8.99. The van der Waals surface area contributed by atoms with Gasteiger partial charge in [-0.3, -0.25) is 0 Å². The lowest BCUT2D eigenvalue weighted by Crippen LogP contribution is -2.45. The summed E-state index contributed by atoms with van der Waals surface area (Å²) in [5, 5.41) is 29.0. The second-order valence-electron chi connectivity index (χ2n) is 18.5. The van der Waals surface area contributed by atoms with E-state index in [4.69, 9.17) is 13.9 Å². The minimum Gasteiger partial charge on any atom is -0.493 e. The highest BCUT2D eigenvalue weighted by Crippen LogP contribution is 2.54. The zero-order valence-corrected chi connectivity index (χ0v) is 36.9. The van der Waals surface area contributed by atoms with Crippen LogP contribution in [0.3, 0.4) is 0 Å². The molecule has 0 radical (unpaired) electrons. The number of anilines is 1. The lowest BCUT2D eigenvalue weighted by Gasteiger charge is -2.49. The monoisotopic (exact) mass is 776 g/mol. The minimum atomic E-state index is -1.71. The molecule has 2 aromatic rings. The highest BCUT2D eigenvalue weighted by Gasteiger charge is 2.43. The van der Waals surface area contributed by atoms with E-state index in [1.54, 1.807) is 11.3 Å². The van der Waals surface area contributed by atoms with Gasteiger partial charge in [-0.1, -0.05) is 61.0 Å². The maximum Gasteiger partial charge on any atom is 0.191 e. The second-order valence-corrected chi connectivity index (χ2v) is 24.5. The Labute approximate surface area is 335 Å². The maximum atomic E-state index is 9.94. The molecule has 0 aliphatic carbocycles. The van der Waals surface area contributed by atoms with Crippen molar-refractivity contribution in [3.8, 4) is 24.0 Å². The summed E-state index contributed by atoms with van der Waals surface area (Å²) < 4.78 is 19.2. The largest absolute Gasteiger partial charge is 0.493 e. The molecule has 9 heteroatoms. The molecule has 0 fully saturated rings. The van der Waals surface area contributed by atoms with Crippen molar-refractivity contribution < 1.29 is 13.9 Å². The van der Waals surface area contributed by atoms with Crippen LogP contribution in [0.5, 0.6) is 5.75 Å². The summed E-state index contributed by atoms with van der Waals surface area (Å²) in [6.45, 7) is 28.4. The molecule has 55 heavy (non-hydrogen) atoms. The van der Waals surface area contributed by atoms with Gasteiger partial charge in [0.05, 0.1) is 6.61 Å². The number of unbranched alkanes of at least 4 members (excludes halogenated alkanes) is 3. The molecular formula is C46H60N4O3SSi. The van der Waals surface area contributed by atoms with Crippen molar-refractivity contribution >= 4 is 43.6 Å². The van der Waals surface area contributed by atoms with E-state index in [1.165, 1.54) is 16.8 Å². The number of nitrogens with zero attached hydrogens (tertiary/aromatic N) is 4. The van der Waals surface area contributed by atoms with Gasteiger partial charge in [0.2, 0.25) is 0 Å². The smallest absolute Gasteiger partial charge is 0.191 e. The summed E-state index contributed by atoms with van der Waals surface area (Å²) in [6.07, 6.45) is 14.8. The van der Waals surface area contributed by atoms with E-state index in [0.29, 0.717) is 12.2 Å². The molecule has 3 aliphatic rings.